The summed E-state index contributed by atoms with van der Waals surface area (Å²) in [6, 6.07) is 0. The van der Waals surface area contributed by atoms with Crippen LogP contribution in [-0.4, -0.2) is 36.6 Å². The molecule has 0 aromatic heterocycles. The maximum Gasteiger partial charge on any atom is 0.357 e. The van der Waals surface area contributed by atoms with Gasteiger partial charge in [-0.05, 0) is 0 Å². The molecule has 0 unspecified atom stereocenters. The molecule has 20 heavy (non-hydrogen) atoms. The van der Waals surface area contributed by atoms with E-state index in [2.05, 4.69) is 23.1 Å². The molecular weight excluding hydrogens is 260 g/mol. The number of hydrogen-bond acceptors (Lipinski definition) is 6. The van der Waals surface area contributed by atoms with E-state index >= 15 is 0 Å². The molecule has 2 heterocycles. The second kappa shape index (κ2) is 5.92. The van der Waals surface area contributed by atoms with E-state index in [0.717, 1.165) is 0 Å². The van der Waals surface area contributed by atoms with Crippen molar-refractivity contribution in [3.63, 3.8) is 0 Å². The van der Waals surface area contributed by atoms with Gasteiger partial charge in [0.25, 0.3) is 0 Å². The van der Waals surface area contributed by atoms with Crippen molar-refractivity contribution >= 4 is 23.4 Å². The highest BCUT2D eigenvalue weighted by molar-refractivity contribution is 6.46. The molecule has 0 fully saturated rings. The summed E-state index contributed by atoms with van der Waals surface area (Å²) < 4.78 is 9.81. The zero-order valence-electron chi connectivity index (χ0n) is 10.7. The lowest BCUT2D eigenvalue weighted by molar-refractivity contribution is -0.143. The van der Waals surface area contributed by atoms with Gasteiger partial charge in [-0.3, -0.25) is 0 Å². The van der Waals surface area contributed by atoms with E-state index in [4.69, 9.17) is 9.47 Å². The van der Waals surface area contributed by atoms with Crippen molar-refractivity contribution in [2.45, 2.75) is 0 Å². The Labute approximate surface area is 115 Å². The Kier molecular flexibility index (Phi) is 4.05. The van der Waals surface area contributed by atoms with Gasteiger partial charge in [-0.25, -0.2) is 19.6 Å². The van der Waals surface area contributed by atoms with Crippen LogP contribution in [0.2, 0.25) is 0 Å². The average molecular weight is 272 g/mol. The molecule has 2 aliphatic rings. The van der Waals surface area contributed by atoms with Crippen LogP contribution in [0.15, 0.2) is 58.8 Å². The van der Waals surface area contributed by atoms with Gasteiger partial charge in [0, 0.05) is 23.5 Å². The first kappa shape index (κ1) is 13.7. The Hall–Kier alpha value is -2.76. The fourth-order valence-corrected chi connectivity index (χ4v) is 1.45. The first-order valence-electron chi connectivity index (χ1n) is 5.83. The largest absolute Gasteiger partial charge is 0.457 e. The third kappa shape index (κ3) is 2.64. The van der Waals surface area contributed by atoms with Crippen LogP contribution >= 0.6 is 0 Å². The second-order valence-electron chi connectivity index (χ2n) is 3.80. The molecule has 0 aliphatic carbocycles. The number of nitrogens with zero attached hydrogens (tertiary/aromatic N) is 2. The molecule has 6 heteroatoms. The Balaban J connectivity index is 1.65. The Bertz CT molecular complexity index is 555. The maximum absolute atomic E-state index is 11.5. The van der Waals surface area contributed by atoms with E-state index in [1.54, 1.807) is 0 Å². The number of hydrogen-bond donors (Lipinski definition) is 0. The van der Waals surface area contributed by atoms with Gasteiger partial charge < -0.3 is 9.47 Å². The van der Waals surface area contributed by atoms with Crippen molar-refractivity contribution in [3.05, 3.63) is 48.9 Å². The van der Waals surface area contributed by atoms with Gasteiger partial charge in [-0.1, -0.05) is 25.3 Å². The molecule has 102 valence electrons. The molecule has 0 N–H and O–H groups in total. The summed E-state index contributed by atoms with van der Waals surface area (Å²) in [5.41, 5.74) is 1.73. The molecule has 0 amide bonds. The average Bonchev–Trinajstić information content (AvgIpc) is 2.33. The van der Waals surface area contributed by atoms with E-state index < -0.39 is 11.9 Å². The van der Waals surface area contributed by atoms with Gasteiger partial charge in [0.2, 0.25) is 0 Å². The lowest BCUT2D eigenvalue weighted by Crippen LogP contribution is -2.27. The summed E-state index contributed by atoms with van der Waals surface area (Å²) in [6.07, 6.45) is 6.06. The molecule has 2 rings (SSSR count). The monoisotopic (exact) mass is 272 g/mol. The molecule has 0 radical (unpaired) electrons. The van der Waals surface area contributed by atoms with E-state index in [1.807, 2.05) is 0 Å². The van der Waals surface area contributed by atoms with Crippen molar-refractivity contribution < 1.29 is 19.1 Å². The highest BCUT2D eigenvalue weighted by Gasteiger charge is 2.22. The Morgan fingerprint density at radius 2 is 1.35 bits per heavy atom. The van der Waals surface area contributed by atoms with E-state index in [9.17, 15) is 9.59 Å². The first-order chi connectivity index (χ1) is 9.67. The van der Waals surface area contributed by atoms with Crippen LogP contribution in [0.4, 0.5) is 0 Å². The van der Waals surface area contributed by atoms with Crippen LogP contribution in [0.3, 0.4) is 0 Å². The van der Waals surface area contributed by atoms with Gasteiger partial charge >= 0.3 is 11.9 Å². The molecule has 0 aromatic rings. The van der Waals surface area contributed by atoms with Gasteiger partial charge in [0.05, 0.1) is 0 Å². The second-order valence-corrected chi connectivity index (χ2v) is 3.80. The molecule has 0 atom stereocenters. The number of allylic oxidation sites excluding steroid dienone is 2. The fourth-order valence-electron chi connectivity index (χ4n) is 1.45. The number of rotatable bonds is 7. The van der Waals surface area contributed by atoms with Crippen LogP contribution in [0.25, 0.3) is 0 Å². The smallest absolute Gasteiger partial charge is 0.357 e. The highest BCUT2D eigenvalue weighted by Crippen LogP contribution is 2.13. The molecule has 2 aliphatic heterocycles. The van der Waals surface area contributed by atoms with Crippen molar-refractivity contribution in [1.29, 1.82) is 0 Å². The van der Waals surface area contributed by atoms with E-state index in [0.29, 0.717) is 11.1 Å². The quantitative estimate of drug-likeness (QED) is 0.514. The summed E-state index contributed by atoms with van der Waals surface area (Å²) in [5.74, 6) is -1.13. The van der Waals surface area contributed by atoms with Gasteiger partial charge in [0.15, 0.2) is 11.4 Å². The normalized spacial score (nSPS) is 15.4. The fraction of sp³-hybridized carbons (Fsp3) is 0.143. The standard InChI is InChI=1S/C14H12N2O4/c1-3-9-7-15-11(9)13(17)19-5-6-20-14(18)12-10(4-2)8-16-12/h3-4,7-8H,1-2,5-6H2. The molecule has 0 saturated carbocycles. The SMILES string of the molecule is C=CC1=CN=C1C(=O)OCCOC(=O)C1=NC=C1C=C. The molecule has 0 bridgehead atoms. The summed E-state index contributed by atoms with van der Waals surface area (Å²) >= 11 is 0. The lowest BCUT2D eigenvalue weighted by Gasteiger charge is -2.13. The van der Waals surface area contributed by atoms with E-state index in [1.165, 1.54) is 24.6 Å². The minimum Gasteiger partial charge on any atom is -0.457 e. The summed E-state index contributed by atoms with van der Waals surface area (Å²) in [5, 5.41) is 0. The molecule has 6 nitrogen and oxygen atoms in total. The first-order valence-corrected chi connectivity index (χ1v) is 5.83. The molecular formula is C14H12N2O4. The third-order valence-electron chi connectivity index (χ3n) is 2.59. The van der Waals surface area contributed by atoms with Gasteiger partial charge in [-0.15, -0.1) is 0 Å². The minimum absolute atomic E-state index is 0.0472. The summed E-state index contributed by atoms with van der Waals surface area (Å²) in [4.78, 5) is 30.6. The van der Waals surface area contributed by atoms with Crippen LogP contribution in [0.1, 0.15) is 0 Å². The van der Waals surface area contributed by atoms with Gasteiger partial charge in [0.1, 0.15) is 13.2 Å². The van der Waals surface area contributed by atoms with Crippen molar-refractivity contribution in [2.75, 3.05) is 13.2 Å². The Morgan fingerprint density at radius 1 is 0.950 bits per heavy atom. The predicted molar refractivity (Wildman–Crippen MR) is 73.3 cm³/mol. The maximum atomic E-state index is 11.5. The minimum atomic E-state index is -0.564. The van der Waals surface area contributed by atoms with E-state index in [-0.39, 0.29) is 24.6 Å². The van der Waals surface area contributed by atoms with Crippen molar-refractivity contribution in [3.8, 4) is 0 Å². The zero-order chi connectivity index (χ0) is 14.5. The number of aliphatic imine (C=N–C) groups is 2. The lowest BCUT2D eigenvalue weighted by atomic mass is 10.1. The highest BCUT2D eigenvalue weighted by atomic mass is 16.6. The van der Waals surface area contributed by atoms with Crippen LogP contribution in [0.5, 0.6) is 0 Å². The van der Waals surface area contributed by atoms with Crippen molar-refractivity contribution in [1.82, 2.24) is 0 Å². The molecule has 0 saturated heterocycles. The van der Waals surface area contributed by atoms with Crippen LogP contribution < -0.4 is 0 Å². The number of carbonyl (C=O) groups is 2. The molecule has 0 spiro atoms. The number of carbonyl (C=O) groups excluding carboxylic acids is 2. The van der Waals surface area contributed by atoms with Gasteiger partial charge in [-0.2, -0.15) is 0 Å². The summed E-state index contributed by atoms with van der Waals surface area (Å²) in [7, 11) is 0. The molecule has 0 aromatic carbocycles. The van der Waals surface area contributed by atoms with Crippen molar-refractivity contribution in [2.24, 2.45) is 9.98 Å². The van der Waals surface area contributed by atoms with Crippen LogP contribution in [0, 0.1) is 0 Å². The summed E-state index contributed by atoms with van der Waals surface area (Å²) in [6.45, 7) is 6.97. The topological polar surface area (TPSA) is 77.3 Å². The number of ether oxygens (including phenoxy) is 2. The third-order valence-corrected chi connectivity index (χ3v) is 2.59. The zero-order valence-corrected chi connectivity index (χ0v) is 10.7. The predicted octanol–water partition coefficient (Wildman–Crippen LogP) is 1.12. The Morgan fingerprint density at radius 3 is 1.60 bits per heavy atom. The number of esters is 2. The van der Waals surface area contributed by atoms with Crippen LogP contribution in [-0.2, 0) is 19.1 Å².